The van der Waals surface area contributed by atoms with Crippen LogP contribution in [0.1, 0.15) is 31.9 Å². The highest BCUT2D eigenvalue weighted by Crippen LogP contribution is 2.22. The standard InChI is InChI=1S/C18H22FN3O2/c1-12(2)9-17(13-5-4-8-20-11-13)22-18(23)21-16-7-6-14(24-3)10-15(16)19/h4-8,10-12,17H,9H2,1-3H3,(H2,21,22,23)/t17-/m0/s1. The van der Waals surface area contributed by atoms with Crippen LogP contribution in [-0.2, 0) is 0 Å². The third-order valence-electron chi connectivity index (χ3n) is 3.52. The Balaban J connectivity index is 2.08. The summed E-state index contributed by atoms with van der Waals surface area (Å²) >= 11 is 0. The number of hydrogen-bond acceptors (Lipinski definition) is 3. The number of methoxy groups -OCH3 is 1. The number of anilines is 1. The molecule has 0 saturated heterocycles. The SMILES string of the molecule is COc1ccc(NC(=O)N[C@@H](CC(C)C)c2cccnc2)c(F)c1. The van der Waals surface area contributed by atoms with E-state index in [4.69, 9.17) is 4.74 Å². The Kier molecular flexibility index (Phi) is 6.12. The van der Waals surface area contributed by atoms with Gasteiger partial charge in [-0.15, -0.1) is 0 Å². The second-order valence-corrected chi connectivity index (χ2v) is 5.91. The second kappa shape index (κ2) is 8.29. The summed E-state index contributed by atoms with van der Waals surface area (Å²) in [5.74, 6) is 0.228. The fraction of sp³-hybridized carbons (Fsp3) is 0.333. The van der Waals surface area contributed by atoms with Gasteiger partial charge in [0.25, 0.3) is 0 Å². The lowest BCUT2D eigenvalue weighted by Gasteiger charge is -2.21. The third-order valence-corrected chi connectivity index (χ3v) is 3.52. The first kappa shape index (κ1) is 17.7. The minimum absolute atomic E-state index is 0.0998. The number of benzene rings is 1. The number of amides is 2. The smallest absolute Gasteiger partial charge is 0.319 e. The van der Waals surface area contributed by atoms with Gasteiger partial charge in [-0.2, -0.15) is 0 Å². The second-order valence-electron chi connectivity index (χ2n) is 5.91. The fourth-order valence-corrected chi connectivity index (χ4v) is 2.37. The van der Waals surface area contributed by atoms with E-state index in [2.05, 4.69) is 29.5 Å². The molecule has 2 aromatic rings. The van der Waals surface area contributed by atoms with Gasteiger partial charge in [-0.05, 0) is 36.1 Å². The third kappa shape index (κ3) is 4.94. The molecule has 0 spiro atoms. The van der Waals surface area contributed by atoms with Crippen LogP contribution in [0.5, 0.6) is 5.75 Å². The van der Waals surface area contributed by atoms with E-state index in [0.29, 0.717) is 11.7 Å². The number of pyridine rings is 1. The maximum atomic E-state index is 13.9. The van der Waals surface area contributed by atoms with Crippen LogP contribution in [-0.4, -0.2) is 18.1 Å². The summed E-state index contributed by atoms with van der Waals surface area (Å²) in [6, 6.07) is 7.36. The Bertz CT molecular complexity index is 677. The van der Waals surface area contributed by atoms with E-state index in [9.17, 15) is 9.18 Å². The molecule has 2 N–H and O–H groups in total. The number of hydrogen-bond donors (Lipinski definition) is 2. The first-order chi connectivity index (χ1) is 11.5. The quantitative estimate of drug-likeness (QED) is 0.836. The van der Waals surface area contributed by atoms with Crippen molar-refractivity contribution in [1.29, 1.82) is 0 Å². The van der Waals surface area contributed by atoms with Gasteiger partial charge in [-0.1, -0.05) is 19.9 Å². The number of carbonyl (C=O) groups is 1. The molecule has 0 aliphatic rings. The Morgan fingerprint density at radius 2 is 2.12 bits per heavy atom. The predicted octanol–water partition coefficient (Wildman–Crippen LogP) is 4.14. The van der Waals surface area contributed by atoms with Crippen molar-refractivity contribution in [2.45, 2.75) is 26.3 Å². The molecule has 1 heterocycles. The van der Waals surface area contributed by atoms with Gasteiger partial charge in [0.1, 0.15) is 11.6 Å². The van der Waals surface area contributed by atoms with Crippen molar-refractivity contribution in [2.75, 3.05) is 12.4 Å². The maximum Gasteiger partial charge on any atom is 0.319 e. The number of nitrogens with zero attached hydrogens (tertiary/aromatic N) is 1. The van der Waals surface area contributed by atoms with Crippen LogP contribution < -0.4 is 15.4 Å². The summed E-state index contributed by atoms with van der Waals surface area (Å²) < 4.78 is 18.9. The van der Waals surface area contributed by atoms with Crippen LogP contribution >= 0.6 is 0 Å². The molecule has 0 unspecified atom stereocenters. The van der Waals surface area contributed by atoms with Crippen molar-refractivity contribution < 1.29 is 13.9 Å². The van der Waals surface area contributed by atoms with Crippen LogP contribution in [0, 0.1) is 11.7 Å². The van der Waals surface area contributed by atoms with Crippen molar-refractivity contribution in [3.63, 3.8) is 0 Å². The number of aromatic nitrogens is 1. The molecule has 0 aliphatic carbocycles. The zero-order chi connectivity index (χ0) is 17.5. The van der Waals surface area contributed by atoms with E-state index in [1.165, 1.54) is 19.2 Å². The van der Waals surface area contributed by atoms with Crippen molar-refractivity contribution in [1.82, 2.24) is 10.3 Å². The largest absolute Gasteiger partial charge is 0.497 e. The van der Waals surface area contributed by atoms with Gasteiger partial charge in [0.2, 0.25) is 0 Å². The normalized spacial score (nSPS) is 11.9. The molecule has 24 heavy (non-hydrogen) atoms. The molecule has 5 nitrogen and oxygen atoms in total. The molecule has 1 aromatic carbocycles. The fourth-order valence-electron chi connectivity index (χ4n) is 2.37. The predicted molar refractivity (Wildman–Crippen MR) is 91.5 cm³/mol. The molecular weight excluding hydrogens is 309 g/mol. The van der Waals surface area contributed by atoms with Gasteiger partial charge >= 0.3 is 6.03 Å². The van der Waals surface area contributed by atoms with Gasteiger partial charge in [0.05, 0.1) is 18.8 Å². The summed E-state index contributed by atoms with van der Waals surface area (Å²) in [6.07, 6.45) is 4.16. The number of ether oxygens (including phenoxy) is 1. The van der Waals surface area contributed by atoms with E-state index < -0.39 is 11.8 Å². The molecule has 0 aliphatic heterocycles. The van der Waals surface area contributed by atoms with E-state index >= 15 is 0 Å². The highest BCUT2D eigenvalue weighted by atomic mass is 19.1. The number of rotatable bonds is 6. The number of urea groups is 1. The van der Waals surface area contributed by atoms with Crippen LogP contribution in [0.4, 0.5) is 14.9 Å². The Morgan fingerprint density at radius 3 is 2.71 bits per heavy atom. The van der Waals surface area contributed by atoms with Gasteiger partial charge in [0.15, 0.2) is 0 Å². The number of halogens is 1. The summed E-state index contributed by atoms with van der Waals surface area (Å²) in [4.78, 5) is 16.3. The highest BCUT2D eigenvalue weighted by molar-refractivity contribution is 5.89. The lowest BCUT2D eigenvalue weighted by molar-refractivity contribution is 0.246. The molecule has 6 heteroatoms. The van der Waals surface area contributed by atoms with E-state index in [0.717, 1.165) is 12.0 Å². The van der Waals surface area contributed by atoms with Gasteiger partial charge in [-0.3, -0.25) is 4.98 Å². The average Bonchev–Trinajstić information content (AvgIpc) is 2.56. The Morgan fingerprint density at radius 1 is 1.33 bits per heavy atom. The van der Waals surface area contributed by atoms with Gasteiger partial charge in [-0.25, -0.2) is 9.18 Å². The van der Waals surface area contributed by atoms with Crippen LogP contribution in [0.2, 0.25) is 0 Å². The first-order valence-electron chi connectivity index (χ1n) is 7.80. The van der Waals surface area contributed by atoms with Crippen LogP contribution in [0.15, 0.2) is 42.7 Å². The van der Waals surface area contributed by atoms with Crippen molar-refractivity contribution >= 4 is 11.7 Å². The molecule has 2 amide bonds. The summed E-state index contributed by atoms with van der Waals surface area (Å²) in [6.45, 7) is 4.15. The monoisotopic (exact) mass is 331 g/mol. The van der Waals surface area contributed by atoms with Crippen LogP contribution in [0.25, 0.3) is 0 Å². The number of carbonyl (C=O) groups excluding carboxylic acids is 1. The molecule has 0 fully saturated rings. The van der Waals surface area contributed by atoms with Crippen molar-refractivity contribution in [3.8, 4) is 5.75 Å². The minimum atomic E-state index is -0.550. The first-order valence-corrected chi connectivity index (χ1v) is 7.80. The topological polar surface area (TPSA) is 63.2 Å². The average molecular weight is 331 g/mol. The highest BCUT2D eigenvalue weighted by Gasteiger charge is 2.17. The Hall–Kier alpha value is -2.63. The molecular formula is C18H22FN3O2. The summed E-state index contributed by atoms with van der Waals surface area (Å²) in [5.41, 5.74) is 1.01. The molecule has 0 radical (unpaired) electrons. The number of nitrogens with one attached hydrogen (secondary N) is 2. The summed E-state index contributed by atoms with van der Waals surface area (Å²) in [5, 5.41) is 5.41. The van der Waals surface area contributed by atoms with Gasteiger partial charge < -0.3 is 15.4 Å². The van der Waals surface area contributed by atoms with E-state index in [-0.39, 0.29) is 11.7 Å². The lowest BCUT2D eigenvalue weighted by Crippen LogP contribution is -2.33. The lowest BCUT2D eigenvalue weighted by atomic mass is 9.98. The van der Waals surface area contributed by atoms with E-state index in [1.807, 2.05) is 12.1 Å². The van der Waals surface area contributed by atoms with E-state index in [1.54, 1.807) is 18.5 Å². The molecule has 1 aromatic heterocycles. The summed E-state index contributed by atoms with van der Waals surface area (Å²) in [7, 11) is 1.46. The molecule has 0 saturated carbocycles. The molecule has 1 atom stereocenters. The molecule has 0 bridgehead atoms. The van der Waals surface area contributed by atoms with Crippen LogP contribution in [0.3, 0.4) is 0 Å². The van der Waals surface area contributed by atoms with Crippen molar-refractivity contribution in [3.05, 3.63) is 54.1 Å². The minimum Gasteiger partial charge on any atom is -0.497 e. The molecule has 128 valence electrons. The Labute approximate surface area is 141 Å². The maximum absolute atomic E-state index is 13.9. The zero-order valence-corrected chi connectivity index (χ0v) is 14.0. The zero-order valence-electron chi connectivity index (χ0n) is 14.0. The van der Waals surface area contributed by atoms with Crippen molar-refractivity contribution in [2.24, 2.45) is 5.92 Å². The van der Waals surface area contributed by atoms with Gasteiger partial charge in [0, 0.05) is 18.5 Å². The molecule has 2 rings (SSSR count).